The molecule has 1 saturated carbocycles. The summed E-state index contributed by atoms with van der Waals surface area (Å²) in [5, 5.41) is 0. The van der Waals surface area contributed by atoms with Crippen molar-refractivity contribution in [3.05, 3.63) is 35.9 Å². The summed E-state index contributed by atoms with van der Waals surface area (Å²) in [6, 6.07) is 11.3. The van der Waals surface area contributed by atoms with Crippen LogP contribution in [0.4, 0.5) is 0 Å². The molecule has 0 heterocycles. The first-order chi connectivity index (χ1) is 9.33. The van der Waals surface area contributed by atoms with Gasteiger partial charge in [0, 0.05) is 6.04 Å². The second kappa shape index (κ2) is 7.66. The predicted molar refractivity (Wildman–Crippen MR) is 81.6 cm³/mol. The van der Waals surface area contributed by atoms with Crippen LogP contribution in [0.3, 0.4) is 0 Å². The van der Waals surface area contributed by atoms with Crippen molar-refractivity contribution in [3.63, 3.8) is 0 Å². The lowest BCUT2D eigenvalue weighted by atomic mass is 9.92. The fourth-order valence-corrected chi connectivity index (χ4v) is 3.48. The molecule has 1 aromatic carbocycles. The van der Waals surface area contributed by atoms with Gasteiger partial charge in [0.05, 0.1) is 0 Å². The highest BCUT2D eigenvalue weighted by molar-refractivity contribution is 5.14. The number of hydrogen-bond donors (Lipinski definition) is 2. The van der Waals surface area contributed by atoms with Crippen molar-refractivity contribution in [3.8, 4) is 0 Å². The van der Waals surface area contributed by atoms with Crippen LogP contribution in [-0.4, -0.2) is 6.04 Å². The van der Waals surface area contributed by atoms with E-state index in [0.29, 0.717) is 6.04 Å². The zero-order chi connectivity index (χ0) is 13.5. The van der Waals surface area contributed by atoms with Gasteiger partial charge in [-0.2, -0.15) is 0 Å². The van der Waals surface area contributed by atoms with Gasteiger partial charge in [-0.25, -0.2) is 0 Å². The van der Waals surface area contributed by atoms with Gasteiger partial charge in [-0.3, -0.25) is 11.3 Å². The highest BCUT2D eigenvalue weighted by Gasteiger charge is 2.28. The third-order valence-corrected chi connectivity index (χ3v) is 4.77. The third-order valence-electron chi connectivity index (χ3n) is 4.77. The zero-order valence-corrected chi connectivity index (χ0v) is 12.1. The van der Waals surface area contributed by atoms with Crippen LogP contribution < -0.4 is 11.3 Å². The Morgan fingerprint density at radius 2 is 2.05 bits per heavy atom. The van der Waals surface area contributed by atoms with Gasteiger partial charge in [-0.1, -0.05) is 50.1 Å². The third kappa shape index (κ3) is 4.32. The molecule has 106 valence electrons. The van der Waals surface area contributed by atoms with Crippen molar-refractivity contribution in [1.82, 2.24) is 5.43 Å². The van der Waals surface area contributed by atoms with Crippen molar-refractivity contribution in [2.24, 2.45) is 17.7 Å². The highest BCUT2D eigenvalue weighted by atomic mass is 15.2. The second-order valence-electron chi connectivity index (χ2n) is 6.00. The summed E-state index contributed by atoms with van der Waals surface area (Å²) in [7, 11) is 0. The van der Waals surface area contributed by atoms with E-state index in [1.165, 1.54) is 50.5 Å². The fraction of sp³-hybridized carbons (Fsp3) is 0.647. The van der Waals surface area contributed by atoms with Crippen LogP contribution in [0.2, 0.25) is 0 Å². The van der Waals surface area contributed by atoms with E-state index in [9.17, 15) is 0 Å². The lowest BCUT2D eigenvalue weighted by Crippen LogP contribution is -2.40. The van der Waals surface area contributed by atoms with E-state index in [0.717, 1.165) is 11.8 Å². The summed E-state index contributed by atoms with van der Waals surface area (Å²) in [6.45, 7) is 2.31. The van der Waals surface area contributed by atoms with E-state index < -0.39 is 0 Å². The molecule has 2 heteroatoms. The minimum Gasteiger partial charge on any atom is -0.271 e. The van der Waals surface area contributed by atoms with E-state index in [-0.39, 0.29) is 0 Å². The van der Waals surface area contributed by atoms with E-state index in [1.807, 2.05) is 0 Å². The quantitative estimate of drug-likeness (QED) is 0.580. The number of hydrazine groups is 1. The smallest absolute Gasteiger partial charge is 0.0239 e. The second-order valence-corrected chi connectivity index (χ2v) is 6.00. The molecule has 2 nitrogen and oxygen atoms in total. The van der Waals surface area contributed by atoms with Gasteiger partial charge in [0.1, 0.15) is 0 Å². The molecule has 3 N–H and O–H groups in total. The summed E-state index contributed by atoms with van der Waals surface area (Å²) in [5.41, 5.74) is 4.52. The number of hydrogen-bond acceptors (Lipinski definition) is 2. The Balaban J connectivity index is 1.74. The van der Waals surface area contributed by atoms with Crippen molar-refractivity contribution in [2.45, 2.75) is 57.9 Å². The molecule has 0 saturated heterocycles. The molecule has 0 radical (unpaired) electrons. The highest BCUT2D eigenvalue weighted by Crippen LogP contribution is 2.35. The minimum atomic E-state index is 0.514. The molecule has 3 unspecified atom stereocenters. The molecular formula is C17H28N2. The average Bonchev–Trinajstić information content (AvgIpc) is 2.93. The Morgan fingerprint density at radius 3 is 2.68 bits per heavy atom. The van der Waals surface area contributed by atoms with Crippen LogP contribution in [0.25, 0.3) is 0 Å². The Hall–Kier alpha value is -0.860. The normalized spacial score (nSPS) is 24.5. The van der Waals surface area contributed by atoms with Crippen molar-refractivity contribution < 1.29 is 0 Å². The standard InChI is InChI=1S/C17H28N2/c1-2-14-11-12-16(13-14)17(19-18)10-6-9-15-7-4-3-5-8-15/h3-5,7-8,14,16-17,19H,2,6,9-13,18H2,1H3. The summed E-state index contributed by atoms with van der Waals surface area (Å²) in [5.74, 6) is 7.51. The van der Waals surface area contributed by atoms with Crippen LogP contribution >= 0.6 is 0 Å². The van der Waals surface area contributed by atoms with Gasteiger partial charge < -0.3 is 0 Å². The maximum absolute atomic E-state index is 5.77. The van der Waals surface area contributed by atoms with Crippen LogP contribution in [0.15, 0.2) is 30.3 Å². The molecule has 1 aromatic rings. The van der Waals surface area contributed by atoms with Gasteiger partial charge in [-0.05, 0) is 49.5 Å². The molecule has 19 heavy (non-hydrogen) atoms. The van der Waals surface area contributed by atoms with Crippen molar-refractivity contribution >= 4 is 0 Å². The SMILES string of the molecule is CCC1CCC(C(CCCc2ccccc2)NN)C1. The molecule has 3 atom stereocenters. The predicted octanol–water partition coefficient (Wildman–Crippen LogP) is 3.67. The number of benzene rings is 1. The first kappa shape index (κ1) is 14.5. The maximum atomic E-state index is 5.77. The molecule has 0 amide bonds. The topological polar surface area (TPSA) is 38.0 Å². The molecule has 0 bridgehead atoms. The van der Waals surface area contributed by atoms with E-state index in [4.69, 9.17) is 5.84 Å². The van der Waals surface area contributed by atoms with Crippen LogP contribution in [0.1, 0.15) is 51.0 Å². The molecule has 0 aromatic heterocycles. The Bertz CT molecular complexity index is 350. The van der Waals surface area contributed by atoms with Crippen molar-refractivity contribution in [1.29, 1.82) is 0 Å². The Morgan fingerprint density at radius 1 is 1.26 bits per heavy atom. The fourth-order valence-electron chi connectivity index (χ4n) is 3.48. The first-order valence-electron chi connectivity index (χ1n) is 7.83. The van der Waals surface area contributed by atoms with E-state index in [2.05, 4.69) is 42.7 Å². The zero-order valence-electron chi connectivity index (χ0n) is 12.1. The maximum Gasteiger partial charge on any atom is 0.0239 e. The molecule has 1 fully saturated rings. The molecule has 1 aliphatic carbocycles. The molecule has 0 spiro atoms. The van der Waals surface area contributed by atoms with Gasteiger partial charge in [0.15, 0.2) is 0 Å². The molecule has 0 aliphatic heterocycles. The Labute approximate surface area is 117 Å². The first-order valence-corrected chi connectivity index (χ1v) is 7.83. The number of rotatable bonds is 7. The molecular weight excluding hydrogens is 232 g/mol. The number of aryl methyl sites for hydroxylation is 1. The van der Waals surface area contributed by atoms with Crippen LogP contribution in [0.5, 0.6) is 0 Å². The van der Waals surface area contributed by atoms with Gasteiger partial charge in [-0.15, -0.1) is 0 Å². The number of nitrogens with one attached hydrogen (secondary N) is 1. The molecule has 1 aliphatic rings. The summed E-state index contributed by atoms with van der Waals surface area (Å²) in [6.07, 6.45) is 9.06. The van der Waals surface area contributed by atoms with Gasteiger partial charge in [0.2, 0.25) is 0 Å². The number of nitrogens with two attached hydrogens (primary N) is 1. The van der Waals surface area contributed by atoms with Crippen LogP contribution in [0, 0.1) is 11.8 Å². The monoisotopic (exact) mass is 260 g/mol. The summed E-state index contributed by atoms with van der Waals surface area (Å²) < 4.78 is 0. The summed E-state index contributed by atoms with van der Waals surface area (Å²) in [4.78, 5) is 0. The average molecular weight is 260 g/mol. The lowest BCUT2D eigenvalue weighted by molar-refractivity contribution is 0.327. The Kier molecular flexibility index (Phi) is 5.87. The van der Waals surface area contributed by atoms with Crippen LogP contribution in [-0.2, 0) is 6.42 Å². The van der Waals surface area contributed by atoms with Gasteiger partial charge >= 0.3 is 0 Å². The van der Waals surface area contributed by atoms with E-state index in [1.54, 1.807) is 0 Å². The minimum absolute atomic E-state index is 0.514. The van der Waals surface area contributed by atoms with E-state index >= 15 is 0 Å². The lowest BCUT2D eigenvalue weighted by Gasteiger charge is -2.23. The van der Waals surface area contributed by atoms with Crippen molar-refractivity contribution in [2.75, 3.05) is 0 Å². The van der Waals surface area contributed by atoms with Gasteiger partial charge in [0.25, 0.3) is 0 Å². The summed E-state index contributed by atoms with van der Waals surface area (Å²) >= 11 is 0. The molecule has 2 rings (SSSR count). The largest absolute Gasteiger partial charge is 0.271 e.